The highest BCUT2D eigenvalue weighted by Gasteiger charge is 2.21. The van der Waals surface area contributed by atoms with E-state index in [9.17, 15) is 4.79 Å². The van der Waals surface area contributed by atoms with Gasteiger partial charge in [-0.05, 0) is 6.07 Å². The van der Waals surface area contributed by atoms with Crippen molar-refractivity contribution in [3.8, 4) is 0 Å². The number of aldehydes is 1. The molecule has 4 nitrogen and oxygen atoms in total. The lowest BCUT2D eigenvalue weighted by Gasteiger charge is -2.28. The molecule has 0 fully saturated rings. The van der Waals surface area contributed by atoms with Gasteiger partial charge in [0, 0.05) is 31.1 Å². The van der Waals surface area contributed by atoms with Crippen molar-refractivity contribution in [2.45, 2.75) is 6.04 Å². The molecule has 1 aliphatic heterocycles. The van der Waals surface area contributed by atoms with Gasteiger partial charge in [-0.3, -0.25) is 4.99 Å². The molecule has 0 aliphatic carbocycles. The van der Waals surface area contributed by atoms with E-state index in [-0.39, 0.29) is 6.04 Å². The molecule has 1 aromatic carbocycles. The van der Waals surface area contributed by atoms with Crippen LogP contribution >= 0.6 is 0 Å². The van der Waals surface area contributed by atoms with Gasteiger partial charge in [0.05, 0.1) is 13.2 Å². The molecule has 0 amide bonds. The molecular weight excluding hydrogens is 216 g/mol. The summed E-state index contributed by atoms with van der Waals surface area (Å²) in [7, 11) is 1.66. The Balaban J connectivity index is 2.33. The van der Waals surface area contributed by atoms with Crippen LogP contribution in [-0.4, -0.2) is 45.3 Å². The molecule has 0 N–H and O–H groups in total. The maximum absolute atomic E-state index is 11.1. The third-order valence-electron chi connectivity index (χ3n) is 2.86. The van der Waals surface area contributed by atoms with Crippen molar-refractivity contribution >= 4 is 18.2 Å². The number of carbonyl (C=O) groups excluding carboxylic acids is 1. The van der Waals surface area contributed by atoms with Crippen LogP contribution in [0.5, 0.6) is 0 Å². The zero-order valence-corrected chi connectivity index (χ0v) is 9.87. The largest absolute Gasteiger partial charge is 0.383 e. The standard InChI is InChI=1S/C13H16N2O2/c1-17-7-6-15-12(10-16)9-14-8-11-4-2-3-5-13(11)15/h2-5,8,10,12H,6-7,9H2,1H3. The molecule has 17 heavy (non-hydrogen) atoms. The first-order valence-electron chi connectivity index (χ1n) is 5.66. The fourth-order valence-corrected chi connectivity index (χ4v) is 1.99. The van der Waals surface area contributed by atoms with E-state index in [1.807, 2.05) is 30.5 Å². The number of nitrogens with zero attached hydrogens (tertiary/aromatic N) is 2. The van der Waals surface area contributed by atoms with Gasteiger partial charge in [-0.15, -0.1) is 0 Å². The van der Waals surface area contributed by atoms with Crippen molar-refractivity contribution in [3.63, 3.8) is 0 Å². The number of para-hydroxylation sites is 1. The summed E-state index contributed by atoms with van der Waals surface area (Å²) in [4.78, 5) is 17.5. The van der Waals surface area contributed by atoms with E-state index in [1.165, 1.54) is 0 Å². The molecule has 1 atom stereocenters. The number of hydrogen-bond donors (Lipinski definition) is 0. The van der Waals surface area contributed by atoms with Crippen molar-refractivity contribution in [1.29, 1.82) is 0 Å². The average Bonchev–Trinajstić information content (AvgIpc) is 2.55. The summed E-state index contributed by atoms with van der Waals surface area (Å²) in [5.74, 6) is 0. The smallest absolute Gasteiger partial charge is 0.144 e. The third kappa shape index (κ3) is 2.53. The van der Waals surface area contributed by atoms with Gasteiger partial charge in [-0.25, -0.2) is 0 Å². The number of ether oxygens (including phenoxy) is 1. The van der Waals surface area contributed by atoms with Gasteiger partial charge in [0.15, 0.2) is 0 Å². The van der Waals surface area contributed by atoms with Gasteiger partial charge < -0.3 is 14.4 Å². The highest BCUT2D eigenvalue weighted by atomic mass is 16.5. The van der Waals surface area contributed by atoms with Gasteiger partial charge in [-0.2, -0.15) is 0 Å². The van der Waals surface area contributed by atoms with Crippen LogP contribution in [0.4, 0.5) is 5.69 Å². The van der Waals surface area contributed by atoms with Crippen LogP contribution in [0.3, 0.4) is 0 Å². The molecule has 0 aromatic heterocycles. The minimum atomic E-state index is -0.204. The maximum Gasteiger partial charge on any atom is 0.144 e. The number of hydrogen-bond acceptors (Lipinski definition) is 4. The van der Waals surface area contributed by atoms with Gasteiger partial charge in [0.25, 0.3) is 0 Å². The molecule has 1 unspecified atom stereocenters. The van der Waals surface area contributed by atoms with E-state index in [1.54, 1.807) is 7.11 Å². The minimum absolute atomic E-state index is 0.204. The van der Waals surface area contributed by atoms with E-state index >= 15 is 0 Å². The monoisotopic (exact) mass is 232 g/mol. The Morgan fingerprint density at radius 3 is 3.12 bits per heavy atom. The average molecular weight is 232 g/mol. The number of benzene rings is 1. The molecule has 1 heterocycles. The lowest BCUT2D eigenvalue weighted by atomic mass is 10.1. The Morgan fingerprint density at radius 1 is 1.53 bits per heavy atom. The van der Waals surface area contributed by atoms with Crippen LogP contribution < -0.4 is 4.90 Å². The van der Waals surface area contributed by atoms with Crippen molar-refractivity contribution in [2.75, 3.05) is 31.7 Å². The highest BCUT2D eigenvalue weighted by molar-refractivity contribution is 5.90. The zero-order valence-electron chi connectivity index (χ0n) is 9.87. The van der Waals surface area contributed by atoms with Crippen LogP contribution in [-0.2, 0) is 9.53 Å². The Labute approximate surface area is 101 Å². The summed E-state index contributed by atoms with van der Waals surface area (Å²) in [6, 6.07) is 7.76. The van der Waals surface area contributed by atoms with Crippen LogP contribution in [0.15, 0.2) is 29.3 Å². The fraction of sp³-hybridized carbons (Fsp3) is 0.385. The first-order chi connectivity index (χ1) is 8.36. The van der Waals surface area contributed by atoms with E-state index in [4.69, 9.17) is 4.74 Å². The third-order valence-corrected chi connectivity index (χ3v) is 2.86. The second-order valence-electron chi connectivity index (χ2n) is 3.94. The van der Waals surface area contributed by atoms with E-state index in [2.05, 4.69) is 9.89 Å². The van der Waals surface area contributed by atoms with Gasteiger partial charge >= 0.3 is 0 Å². The Kier molecular flexibility index (Phi) is 3.88. The molecule has 1 aliphatic rings. The van der Waals surface area contributed by atoms with Crippen molar-refractivity contribution in [2.24, 2.45) is 4.99 Å². The second-order valence-corrected chi connectivity index (χ2v) is 3.94. The lowest BCUT2D eigenvalue weighted by molar-refractivity contribution is -0.108. The zero-order chi connectivity index (χ0) is 12.1. The summed E-state index contributed by atoms with van der Waals surface area (Å²) in [6.07, 6.45) is 2.79. The highest BCUT2D eigenvalue weighted by Crippen LogP contribution is 2.22. The minimum Gasteiger partial charge on any atom is -0.383 e. The quantitative estimate of drug-likeness (QED) is 0.731. The first kappa shape index (κ1) is 11.8. The summed E-state index contributed by atoms with van der Waals surface area (Å²) in [5.41, 5.74) is 2.09. The van der Waals surface area contributed by atoms with Crippen molar-refractivity contribution < 1.29 is 9.53 Å². The molecule has 0 saturated carbocycles. The Bertz CT molecular complexity index is 418. The molecule has 90 valence electrons. The Morgan fingerprint density at radius 2 is 2.35 bits per heavy atom. The van der Waals surface area contributed by atoms with Crippen molar-refractivity contribution in [1.82, 2.24) is 0 Å². The molecule has 4 heteroatoms. The Hall–Kier alpha value is -1.68. The number of rotatable bonds is 4. The van der Waals surface area contributed by atoms with E-state index < -0.39 is 0 Å². The van der Waals surface area contributed by atoms with Crippen molar-refractivity contribution in [3.05, 3.63) is 29.8 Å². The van der Waals surface area contributed by atoms with Gasteiger partial charge in [0.2, 0.25) is 0 Å². The molecule has 0 radical (unpaired) electrons. The first-order valence-corrected chi connectivity index (χ1v) is 5.66. The fourth-order valence-electron chi connectivity index (χ4n) is 1.99. The number of fused-ring (bicyclic) bond motifs is 1. The number of benzodiazepines with no additional fused rings is 1. The summed E-state index contributed by atoms with van der Waals surface area (Å²) >= 11 is 0. The topological polar surface area (TPSA) is 41.9 Å². The molecule has 0 bridgehead atoms. The van der Waals surface area contributed by atoms with Crippen LogP contribution in [0.1, 0.15) is 5.56 Å². The summed E-state index contributed by atoms with van der Waals surface area (Å²) in [6.45, 7) is 1.79. The normalized spacial score (nSPS) is 18.6. The second kappa shape index (κ2) is 5.59. The van der Waals surface area contributed by atoms with E-state index in [0.29, 0.717) is 19.7 Å². The number of aliphatic imine (C=N–C) groups is 1. The van der Waals surface area contributed by atoms with Crippen LogP contribution in [0.25, 0.3) is 0 Å². The van der Waals surface area contributed by atoms with Gasteiger partial charge in [-0.1, -0.05) is 18.2 Å². The number of carbonyl (C=O) groups is 1. The predicted octanol–water partition coefficient (Wildman–Crippen LogP) is 1.14. The van der Waals surface area contributed by atoms with Crippen LogP contribution in [0, 0.1) is 0 Å². The van der Waals surface area contributed by atoms with E-state index in [0.717, 1.165) is 17.5 Å². The molecular formula is C13H16N2O2. The molecule has 2 rings (SSSR count). The van der Waals surface area contributed by atoms with Crippen LogP contribution in [0.2, 0.25) is 0 Å². The SMILES string of the molecule is COCCN1c2ccccc2C=NCC1C=O. The summed E-state index contributed by atoms with van der Waals surface area (Å²) in [5, 5.41) is 0. The molecule has 1 aromatic rings. The predicted molar refractivity (Wildman–Crippen MR) is 68.0 cm³/mol. The molecule has 0 spiro atoms. The lowest BCUT2D eigenvalue weighted by Crippen LogP contribution is -2.40. The molecule has 0 saturated heterocycles. The van der Waals surface area contributed by atoms with Gasteiger partial charge in [0.1, 0.15) is 12.3 Å². The maximum atomic E-state index is 11.1. The number of anilines is 1. The number of methoxy groups -OCH3 is 1. The summed E-state index contributed by atoms with van der Waals surface area (Å²) < 4.78 is 5.09.